The smallest absolute Gasteiger partial charge is 0.412 e. The van der Waals surface area contributed by atoms with Crippen LogP contribution in [-0.4, -0.2) is 18.2 Å². The molecule has 0 aliphatic rings. The van der Waals surface area contributed by atoms with E-state index in [0.717, 1.165) is 0 Å². The number of amides is 1. The number of anilines is 1. The molecule has 0 heterocycles. The first-order valence-electron chi connectivity index (χ1n) is 5.98. The highest BCUT2D eigenvalue weighted by molar-refractivity contribution is 5.85. The van der Waals surface area contributed by atoms with Gasteiger partial charge in [-0.2, -0.15) is 0 Å². The number of carbonyl (C=O) groups excluding carboxylic acids is 1. The average molecular weight is 266 g/mol. The molecule has 0 saturated carbocycles. The monoisotopic (exact) mass is 266 g/mol. The summed E-state index contributed by atoms with van der Waals surface area (Å²) < 4.78 is 18.8. The maximum atomic E-state index is 13.7. The van der Waals surface area contributed by atoms with Crippen molar-refractivity contribution >= 4 is 17.9 Å². The predicted octanol–water partition coefficient (Wildman–Crippen LogP) is 3.14. The molecular formula is C14H19FN2O2. The highest BCUT2D eigenvalue weighted by Crippen LogP contribution is 2.18. The van der Waals surface area contributed by atoms with Gasteiger partial charge in [-0.25, -0.2) is 9.18 Å². The lowest BCUT2D eigenvalue weighted by molar-refractivity contribution is 0.0635. The van der Waals surface area contributed by atoms with Crippen LogP contribution in [0, 0.1) is 5.82 Å². The van der Waals surface area contributed by atoms with E-state index in [2.05, 4.69) is 5.32 Å². The van der Waals surface area contributed by atoms with Crippen LogP contribution in [-0.2, 0) is 4.74 Å². The molecule has 4 nitrogen and oxygen atoms in total. The first-order chi connectivity index (χ1) is 8.81. The second kappa shape index (κ2) is 6.33. The largest absolute Gasteiger partial charge is 0.444 e. The third-order valence-corrected chi connectivity index (χ3v) is 2.08. The highest BCUT2D eigenvalue weighted by Gasteiger charge is 2.17. The van der Waals surface area contributed by atoms with E-state index in [1.807, 2.05) is 0 Å². The summed E-state index contributed by atoms with van der Waals surface area (Å²) >= 11 is 0. The van der Waals surface area contributed by atoms with Gasteiger partial charge in [-0.3, -0.25) is 5.32 Å². The van der Waals surface area contributed by atoms with E-state index in [4.69, 9.17) is 10.5 Å². The van der Waals surface area contributed by atoms with E-state index >= 15 is 0 Å². The van der Waals surface area contributed by atoms with Gasteiger partial charge >= 0.3 is 6.09 Å². The second-order valence-electron chi connectivity index (χ2n) is 5.00. The molecule has 0 bridgehead atoms. The first kappa shape index (κ1) is 15.2. The van der Waals surface area contributed by atoms with E-state index < -0.39 is 17.5 Å². The van der Waals surface area contributed by atoms with Crippen molar-refractivity contribution in [3.8, 4) is 0 Å². The van der Waals surface area contributed by atoms with Crippen molar-refractivity contribution in [2.75, 3.05) is 11.9 Å². The van der Waals surface area contributed by atoms with E-state index in [1.54, 1.807) is 39.0 Å². The summed E-state index contributed by atoms with van der Waals surface area (Å²) in [4.78, 5) is 11.5. The minimum atomic E-state index is -0.684. The molecule has 0 aromatic heterocycles. The van der Waals surface area contributed by atoms with Gasteiger partial charge in [-0.1, -0.05) is 18.2 Å². The molecule has 0 spiro atoms. The summed E-state index contributed by atoms with van der Waals surface area (Å²) in [6, 6.07) is 4.48. The van der Waals surface area contributed by atoms with Crippen molar-refractivity contribution in [3.05, 3.63) is 35.7 Å². The molecule has 0 fully saturated rings. The number of nitrogens with one attached hydrogen (secondary N) is 1. The summed E-state index contributed by atoms with van der Waals surface area (Å²) in [5, 5.41) is 2.37. The fourth-order valence-corrected chi connectivity index (χ4v) is 1.35. The Bertz CT molecular complexity index is 479. The van der Waals surface area contributed by atoms with Crippen LogP contribution in [0.3, 0.4) is 0 Å². The predicted molar refractivity (Wildman–Crippen MR) is 74.3 cm³/mol. The Morgan fingerprint density at radius 3 is 2.68 bits per heavy atom. The van der Waals surface area contributed by atoms with Crippen LogP contribution in [0.2, 0.25) is 0 Å². The Kier molecular flexibility index (Phi) is 5.06. The third kappa shape index (κ3) is 5.52. The lowest BCUT2D eigenvalue weighted by atomic mass is 10.2. The molecule has 0 unspecified atom stereocenters. The van der Waals surface area contributed by atoms with Crippen LogP contribution < -0.4 is 11.1 Å². The second-order valence-corrected chi connectivity index (χ2v) is 5.00. The molecule has 1 amide bonds. The molecule has 0 aliphatic carbocycles. The van der Waals surface area contributed by atoms with Crippen LogP contribution in [0.4, 0.5) is 14.9 Å². The molecular weight excluding hydrogens is 247 g/mol. The maximum Gasteiger partial charge on any atom is 0.412 e. The zero-order chi connectivity index (χ0) is 14.5. The van der Waals surface area contributed by atoms with Gasteiger partial charge < -0.3 is 10.5 Å². The number of hydrogen-bond acceptors (Lipinski definition) is 3. The number of hydrogen-bond donors (Lipinski definition) is 2. The third-order valence-electron chi connectivity index (χ3n) is 2.08. The molecule has 0 radical (unpaired) electrons. The standard InChI is InChI=1S/C14H19FN2O2/c1-14(2,3)19-13(18)17-12-7-6-10(5-4-8-16)9-11(12)15/h4-7,9H,8,16H2,1-3H3,(H,17,18). The van der Waals surface area contributed by atoms with Crippen molar-refractivity contribution in [3.63, 3.8) is 0 Å². The van der Waals surface area contributed by atoms with Gasteiger partial charge in [0, 0.05) is 6.54 Å². The molecule has 0 saturated heterocycles. The van der Waals surface area contributed by atoms with E-state index in [0.29, 0.717) is 12.1 Å². The molecule has 1 aromatic rings. The minimum absolute atomic E-state index is 0.0825. The zero-order valence-electron chi connectivity index (χ0n) is 11.4. The molecule has 5 heteroatoms. The number of rotatable bonds is 3. The zero-order valence-corrected chi connectivity index (χ0v) is 11.4. The molecule has 0 aliphatic heterocycles. The summed E-state index contributed by atoms with van der Waals surface area (Å²) in [7, 11) is 0. The quantitative estimate of drug-likeness (QED) is 0.883. The SMILES string of the molecule is CC(C)(C)OC(=O)Nc1ccc(C=CCN)cc1F. The number of ether oxygens (including phenoxy) is 1. The highest BCUT2D eigenvalue weighted by atomic mass is 19.1. The Morgan fingerprint density at radius 1 is 1.47 bits per heavy atom. The van der Waals surface area contributed by atoms with Crippen molar-refractivity contribution in [1.29, 1.82) is 0 Å². The fraction of sp³-hybridized carbons (Fsp3) is 0.357. The lowest BCUT2D eigenvalue weighted by Crippen LogP contribution is -2.27. The van der Waals surface area contributed by atoms with Crippen LogP contribution in [0.25, 0.3) is 6.08 Å². The summed E-state index contributed by atoms with van der Waals surface area (Å²) in [5.74, 6) is -0.523. The van der Waals surface area contributed by atoms with Gasteiger partial charge in [0.2, 0.25) is 0 Å². The maximum absolute atomic E-state index is 13.7. The average Bonchev–Trinajstić information content (AvgIpc) is 2.27. The number of halogens is 1. The number of carbonyl (C=O) groups is 1. The summed E-state index contributed by atoms with van der Waals surface area (Å²) in [6.07, 6.45) is 2.74. The van der Waals surface area contributed by atoms with E-state index in [1.165, 1.54) is 12.1 Å². The van der Waals surface area contributed by atoms with Gasteiger partial charge in [0.05, 0.1) is 5.69 Å². The van der Waals surface area contributed by atoms with Gasteiger partial charge in [-0.15, -0.1) is 0 Å². The van der Waals surface area contributed by atoms with Crippen molar-refractivity contribution < 1.29 is 13.9 Å². The number of benzene rings is 1. The van der Waals surface area contributed by atoms with Crippen LogP contribution in [0.1, 0.15) is 26.3 Å². The lowest BCUT2D eigenvalue weighted by Gasteiger charge is -2.19. The Hall–Kier alpha value is -1.88. The minimum Gasteiger partial charge on any atom is -0.444 e. The van der Waals surface area contributed by atoms with Crippen LogP contribution >= 0.6 is 0 Å². The van der Waals surface area contributed by atoms with E-state index in [9.17, 15) is 9.18 Å². The molecule has 1 rings (SSSR count). The van der Waals surface area contributed by atoms with Crippen molar-refractivity contribution in [2.24, 2.45) is 5.73 Å². The topological polar surface area (TPSA) is 64.3 Å². The molecule has 1 aromatic carbocycles. The van der Waals surface area contributed by atoms with Crippen LogP contribution in [0.5, 0.6) is 0 Å². The van der Waals surface area contributed by atoms with Crippen LogP contribution in [0.15, 0.2) is 24.3 Å². The number of nitrogens with two attached hydrogens (primary N) is 1. The Labute approximate surface area is 112 Å². The van der Waals surface area contributed by atoms with Crippen molar-refractivity contribution in [1.82, 2.24) is 0 Å². The van der Waals surface area contributed by atoms with Crippen molar-refractivity contribution in [2.45, 2.75) is 26.4 Å². The van der Waals surface area contributed by atoms with Gasteiger partial charge in [0.15, 0.2) is 0 Å². The Morgan fingerprint density at radius 2 is 2.16 bits per heavy atom. The fourth-order valence-electron chi connectivity index (χ4n) is 1.35. The van der Waals surface area contributed by atoms with E-state index in [-0.39, 0.29) is 5.69 Å². The molecule has 104 valence electrons. The molecule has 3 N–H and O–H groups in total. The first-order valence-corrected chi connectivity index (χ1v) is 5.98. The Balaban J connectivity index is 2.75. The summed E-state index contributed by atoms with van der Waals surface area (Å²) in [6.45, 7) is 5.61. The van der Waals surface area contributed by atoms with Gasteiger partial charge in [0.25, 0.3) is 0 Å². The molecule has 0 atom stereocenters. The normalized spacial score (nSPS) is 11.6. The van der Waals surface area contributed by atoms with Gasteiger partial charge in [0.1, 0.15) is 11.4 Å². The summed E-state index contributed by atoms with van der Waals surface area (Å²) in [5.41, 5.74) is 5.46. The van der Waals surface area contributed by atoms with Gasteiger partial charge in [-0.05, 0) is 38.5 Å². The molecule has 19 heavy (non-hydrogen) atoms.